The van der Waals surface area contributed by atoms with Crippen LogP contribution in [-0.2, 0) is 24.4 Å². The number of benzene rings is 3. The van der Waals surface area contributed by atoms with Crippen molar-refractivity contribution in [1.29, 1.82) is 5.26 Å². The molecule has 0 bridgehead atoms. The minimum atomic E-state index is -2.46. The fraction of sp³-hybridized carbons (Fsp3) is 0.111. The third-order valence-corrected chi connectivity index (χ3v) is 7.04. The molecular formula is C27H23N3O3S2. The zero-order valence-electron chi connectivity index (χ0n) is 19.0. The second-order valence-electron chi connectivity index (χ2n) is 7.90. The Hall–Kier alpha value is -3.77. The lowest BCUT2D eigenvalue weighted by Gasteiger charge is -2.23. The van der Waals surface area contributed by atoms with E-state index < -0.39 is 11.3 Å². The number of nitriles is 1. The van der Waals surface area contributed by atoms with Gasteiger partial charge in [-0.15, -0.1) is 11.3 Å². The number of anilines is 1. The van der Waals surface area contributed by atoms with Crippen molar-refractivity contribution >= 4 is 34.2 Å². The lowest BCUT2D eigenvalue weighted by Crippen LogP contribution is -2.29. The average Bonchev–Trinajstić information content (AvgIpc) is 3.31. The lowest BCUT2D eigenvalue weighted by molar-refractivity contribution is 0.0735. The minimum absolute atomic E-state index is 0.0172. The van der Waals surface area contributed by atoms with Crippen LogP contribution in [0, 0.1) is 18.4 Å². The Labute approximate surface area is 211 Å². The molecular weight excluding hydrogens is 478 g/mol. The van der Waals surface area contributed by atoms with E-state index in [9.17, 15) is 18.8 Å². The molecule has 1 aromatic heterocycles. The first kappa shape index (κ1) is 24.4. The number of thiophene rings is 1. The molecule has 0 aliphatic rings. The zero-order chi connectivity index (χ0) is 24.8. The second-order valence-corrected chi connectivity index (χ2v) is 10.0. The highest BCUT2D eigenvalue weighted by atomic mass is 32.2. The summed E-state index contributed by atoms with van der Waals surface area (Å²) in [5.74, 6) is -0.0172. The van der Waals surface area contributed by atoms with Gasteiger partial charge < -0.3 is 4.90 Å². The van der Waals surface area contributed by atoms with Crippen LogP contribution in [0.15, 0.2) is 91.0 Å². The van der Waals surface area contributed by atoms with Gasteiger partial charge in [0.1, 0.15) is 0 Å². The number of para-hydroxylation sites is 1. The highest BCUT2D eigenvalue weighted by Crippen LogP contribution is 2.31. The maximum absolute atomic E-state index is 13.3. The topological polar surface area (TPSA) is 84.6 Å². The number of hydrogen-bond acceptors (Lipinski definition) is 4. The first-order chi connectivity index (χ1) is 17.0. The monoisotopic (exact) mass is 501 g/mol. The van der Waals surface area contributed by atoms with Gasteiger partial charge in [0.25, 0.3) is 17.2 Å². The zero-order valence-corrected chi connectivity index (χ0v) is 20.6. The molecule has 0 radical (unpaired) electrons. The Morgan fingerprint density at radius 3 is 2.14 bits per heavy atom. The third-order valence-electron chi connectivity index (χ3n) is 5.46. The van der Waals surface area contributed by atoms with Crippen LogP contribution in [0.5, 0.6) is 0 Å². The molecule has 1 heterocycles. The number of carbonyl (C=O) groups is 1. The first-order valence-electron chi connectivity index (χ1n) is 10.8. The molecule has 1 unspecified atom stereocenters. The normalized spacial score (nSPS) is 11.5. The van der Waals surface area contributed by atoms with Crippen LogP contribution in [0.1, 0.15) is 25.7 Å². The van der Waals surface area contributed by atoms with Gasteiger partial charge >= 0.3 is 0 Å². The van der Waals surface area contributed by atoms with Crippen LogP contribution in [0.25, 0.3) is 11.1 Å². The van der Waals surface area contributed by atoms with E-state index in [4.69, 9.17) is 0 Å². The molecule has 0 fully saturated rings. The van der Waals surface area contributed by atoms with Crippen LogP contribution in [0.3, 0.4) is 0 Å². The molecule has 0 spiro atoms. The number of amides is 1. The third kappa shape index (κ3) is 5.84. The van der Waals surface area contributed by atoms with Crippen molar-refractivity contribution in [2.75, 3.05) is 4.31 Å². The molecule has 0 saturated carbocycles. The van der Waals surface area contributed by atoms with E-state index in [-0.39, 0.29) is 5.91 Å². The van der Waals surface area contributed by atoms with Gasteiger partial charge in [-0.1, -0.05) is 72.8 Å². The molecule has 3 aromatic carbocycles. The molecule has 0 saturated heterocycles. The van der Waals surface area contributed by atoms with Gasteiger partial charge in [-0.2, -0.15) is 9.57 Å². The molecule has 1 amide bonds. The minimum Gasteiger partial charge on any atom is -0.329 e. The van der Waals surface area contributed by atoms with Crippen molar-refractivity contribution in [3.05, 3.63) is 112 Å². The Bertz CT molecular complexity index is 1380. The Balaban J connectivity index is 1.61. The van der Waals surface area contributed by atoms with Crippen LogP contribution in [0.2, 0.25) is 0 Å². The van der Waals surface area contributed by atoms with Crippen molar-refractivity contribution in [3.63, 3.8) is 0 Å². The molecule has 0 aliphatic heterocycles. The summed E-state index contributed by atoms with van der Waals surface area (Å²) in [6.45, 7) is 2.90. The van der Waals surface area contributed by atoms with E-state index in [2.05, 4.69) is 0 Å². The fourth-order valence-electron chi connectivity index (χ4n) is 3.79. The summed E-state index contributed by atoms with van der Waals surface area (Å²) >= 11 is -0.977. The summed E-state index contributed by atoms with van der Waals surface area (Å²) in [6.07, 6.45) is 1.76. The molecule has 6 nitrogen and oxygen atoms in total. The summed E-state index contributed by atoms with van der Waals surface area (Å²) in [4.78, 5) is 16.9. The van der Waals surface area contributed by atoms with Crippen LogP contribution < -0.4 is 4.31 Å². The summed E-state index contributed by atoms with van der Waals surface area (Å²) < 4.78 is 21.8. The SMILES string of the molecule is Cc1ccc(C(=O)N(Cc2ccccc2)Cc2ccc(-c3ccccc3N(C#N)S(=O)O)cc2)s1. The van der Waals surface area contributed by atoms with Gasteiger partial charge in [0.2, 0.25) is 0 Å². The average molecular weight is 502 g/mol. The molecule has 176 valence electrons. The highest BCUT2D eigenvalue weighted by Gasteiger charge is 2.19. The first-order valence-corrected chi connectivity index (χ1v) is 12.7. The molecule has 4 aromatic rings. The largest absolute Gasteiger partial charge is 0.329 e. The van der Waals surface area contributed by atoms with E-state index in [1.165, 1.54) is 11.3 Å². The Morgan fingerprint density at radius 1 is 0.914 bits per heavy atom. The predicted octanol–water partition coefficient (Wildman–Crippen LogP) is 5.99. The lowest BCUT2D eigenvalue weighted by atomic mass is 10.0. The van der Waals surface area contributed by atoms with Gasteiger partial charge in [-0.3, -0.25) is 9.35 Å². The van der Waals surface area contributed by atoms with E-state index in [0.29, 0.717) is 29.2 Å². The van der Waals surface area contributed by atoms with Crippen molar-refractivity contribution in [1.82, 2.24) is 4.90 Å². The predicted molar refractivity (Wildman–Crippen MR) is 140 cm³/mol. The van der Waals surface area contributed by atoms with Crippen LogP contribution >= 0.6 is 11.3 Å². The van der Waals surface area contributed by atoms with Crippen LogP contribution in [-0.4, -0.2) is 19.6 Å². The maximum atomic E-state index is 13.3. The molecule has 35 heavy (non-hydrogen) atoms. The Morgan fingerprint density at radius 2 is 1.54 bits per heavy atom. The summed E-state index contributed by atoms with van der Waals surface area (Å²) in [5, 5.41) is 9.32. The van der Waals surface area contributed by atoms with Gasteiger partial charge in [-0.25, -0.2) is 4.21 Å². The van der Waals surface area contributed by atoms with Crippen LogP contribution in [0.4, 0.5) is 5.69 Å². The van der Waals surface area contributed by atoms with Gasteiger partial charge in [0, 0.05) is 23.5 Å². The number of nitrogens with zero attached hydrogens (tertiary/aromatic N) is 3. The molecule has 8 heteroatoms. The van der Waals surface area contributed by atoms with Gasteiger partial charge in [-0.05, 0) is 41.8 Å². The number of aryl methyl sites for hydroxylation is 1. The van der Waals surface area contributed by atoms with E-state index in [1.807, 2.05) is 84.6 Å². The second kappa shape index (κ2) is 11.1. The fourth-order valence-corrected chi connectivity index (χ4v) is 5.02. The summed E-state index contributed by atoms with van der Waals surface area (Å²) in [7, 11) is 0. The molecule has 4 rings (SSSR count). The number of rotatable bonds is 8. The molecule has 1 N–H and O–H groups in total. The van der Waals surface area contributed by atoms with Gasteiger partial charge in [0.05, 0.1) is 10.6 Å². The number of hydrogen-bond donors (Lipinski definition) is 1. The van der Waals surface area contributed by atoms with Crippen molar-refractivity contribution in [3.8, 4) is 17.3 Å². The summed E-state index contributed by atoms with van der Waals surface area (Å²) in [5.41, 5.74) is 3.80. The Kier molecular flexibility index (Phi) is 7.73. The number of carbonyl (C=O) groups excluding carboxylic acids is 1. The molecule has 1 atom stereocenters. The standard InChI is InChI=1S/C27H23N3O3S2/c1-20-11-16-26(34-20)27(31)29(17-21-7-3-2-4-8-21)18-22-12-14-23(15-13-22)24-9-5-6-10-25(24)30(19-28)35(32)33/h2-16H,17-18H2,1H3,(H,32,33). The van der Waals surface area contributed by atoms with E-state index in [1.54, 1.807) is 24.4 Å². The summed E-state index contributed by atoms with van der Waals surface area (Å²) in [6, 6.07) is 28.3. The molecule has 0 aliphatic carbocycles. The smallest absolute Gasteiger partial charge is 0.275 e. The van der Waals surface area contributed by atoms with Crippen molar-refractivity contribution in [2.45, 2.75) is 20.0 Å². The van der Waals surface area contributed by atoms with E-state index in [0.717, 1.165) is 25.9 Å². The maximum Gasteiger partial charge on any atom is 0.275 e. The quantitative estimate of drug-likeness (QED) is 0.183. The highest BCUT2D eigenvalue weighted by molar-refractivity contribution is 7.81. The van der Waals surface area contributed by atoms with Gasteiger partial charge in [0.15, 0.2) is 6.19 Å². The van der Waals surface area contributed by atoms with Crippen molar-refractivity contribution in [2.24, 2.45) is 0 Å². The van der Waals surface area contributed by atoms with Crippen molar-refractivity contribution < 1.29 is 13.6 Å². The van der Waals surface area contributed by atoms with E-state index >= 15 is 0 Å².